The van der Waals surface area contributed by atoms with Crippen LogP contribution in [0.25, 0.3) is 10.8 Å². The Balaban J connectivity index is 1.59. The first kappa shape index (κ1) is 29.1. The zero-order chi connectivity index (χ0) is 28.5. The third-order valence-electron chi connectivity index (χ3n) is 6.62. The van der Waals surface area contributed by atoms with Gasteiger partial charge >= 0.3 is 0 Å². The monoisotopic (exact) mass is 566 g/mol. The summed E-state index contributed by atoms with van der Waals surface area (Å²) < 4.78 is 50.4. The van der Waals surface area contributed by atoms with E-state index in [0.29, 0.717) is 35.6 Å². The Morgan fingerprint density at radius 3 is 2.38 bits per heavy atom. The molecule has 9 nitrogen and oxygen atoms in total. The second-order valence-corrected chi connectivity index (χ2v) is 11.0. The SMILES string of the molecule is COCCN(CC(=O)N(CCc1ccc(OC)c(OC)c1)Cc1ccco1)S(=O)(=O)c1cccc2ccccc12. The highest BCUT2D eigenvalue weighted by Crippen LogP contribution is 2.28. The Hall–Kier alpha value is -3.86. The second kappa shape index (κ2) is 13.5. The number of hydrogen-bond acceptors (Lipinski definition) is 7. The molecule has 212 valence electrons. The highest BCUT2D eigenvalue weighted by molar-refractivity contribution is 7.89. The van der Waals surface area contributed by atoms with E-state index in [4.69, 9.17) is 18.6 Å². The standard InChI is InChI=1S/C30H34N2O7S/c1-36-19-17-32(40(34,35)29-12-6-9-24-8-4-5-11-26(24)29)22-30(33)31(21-25-10-7-18-39-25)16-15-23-13-14-27(37-2)28(20-23)38-3/h4-14,18,20H,15-17,19,21-22H2,1-3H3. The first-order chi connectivity index (χ1) is 19.4. The Morgan fingerprint density at radius 1 is 0.875 bits per heavy atom. The highest BCUT2D eigenvalue weighted by Gasteiger charge is 2.30. The smallest absolute Gasteiger partial charge is 0.244 e. The quantitative estimate of drug-likeness (QED) is 0.224. The minimum absolute atomic E-state index is 0.0259. The van der Waals surface area contributed by atoms with Crippen LogP contribution in [-0.2, 0) is 32.5 Å². The number of amides is 1. The van der Waals surface area contributed by atoms with Crippen LogP contribution in [0, 0.1) is 0 Å². The van der Waals surface area contributed by atoms with Crippen molar-refractivity contribution in [1.82, 2.24) is 9.21 Å². The lowest BCUT2D eigenvalue weighted by Crippen LogP contribution is -2.44. The van der Waals surface area contributed by atoms with Gasteiger partial charge in [-0.25, -0.2) is 8.42 Å². The van der Waals surface area contributed by atoms with Crippen molar-refractivity contribution in [2.45, 2.75) is 17.9 Å². The van der Waals surface area contributed by atoms with E-state index in [2.05, 4.69) is 0 Å². The van der Waals surface area contributed by atoms with Gasteiger partial charge in [-0.15, -0.1) is 0 Å². The number of furan rings is 1. The predicted molar refractivity (Wildman–Crippen MR) is 152 cm³/mol. The van der Waals surface area contributed by atoms with Crippen molar-refractivity contribution in [3.05, 3.63) is 90.4 Å². The summed E-state index contributed by atoms with van der Waals surface area (Å²) in [5, 5.41) is 1.40. The van der Waals surface area contributed by atoms with Gasteiger partial charge in [0.2, 0.25) is 15.9 Å². The van der Waals surface area contributed by atoms with Crippen LogP contribution in [0.2, 0.25) is 0 Å². The van der Waals surface area contributed by atoms with Crippen LogP contribution in [0.1, 0.15) is 11.3 Å². The lowest BCUT2D eigenvalue weighted by atomic mass is 10.1. The maximum Gasteiger partial charge on any atom is 0.244 e. The molecular formula is C30H34N2O7S. The third-order valence-corrected chi connectivity index (χ3v) is 8.53. The number of fused-ring (bicyclic) bond motifs is 1. The molecule has 0 atom stereocenters. The third kappa shape index (κ3) is 6.82. The predicted octanol–water partition coefficient (Wildman–Crippen LogP) is 4.36. The molecule has 3 aromatic carbocycles. The van der Waals surface area contributed by atoms with Crippen LogP contribution in [0.4, 0.5) is 0 Å². The minimum Gasteiger partial charge on any atom is -0.493 e. The number of sulfonamides is 1. The topological polar surface area (TPSA) is 98.5 Å². The van der Waals surface area contributed by atoms with E-state index in [-0.39, 0.29) is 37.0 Å². The van der Waals surface area contributed by atoms with E-state index in [9.17, 15) is 13.2 Å². The first-order valence-corrected chi connectivity index (χ1v) is 14.3. The molecule has 1 aromatic heterocycles. The summed E-state index contributed by atoms with van der Waals surface area (Å²) in [6, 6.07) is 21.5. The average Bonchev–Trinajstić information content (AvgIpc) is 3.49. The fourth-order valence-electron chi connectivity index (χ4n) is 4.47. The number of rotatable bonds is 14. The average molecular weight is 567 g/mol. The maximum absolute atomic E-state index is 13.9. The Labute approximate surface area is 234 Å². The van der Waals surface area contributed by atoms with Gasteiger partial charge in [0.25, 0.3) is 0 Å². The molecule has 0 N–H and O–H groups in total. The van der Waals surface area contributed by atoms with E-state index in [1.807, 2.05) is 36.4 Å². The van der Waals surface area contributed by atoms with Gasteiger partial charge in [0, 0.05) is 25.6 Å². The summed E-state index contributed by atoms with van der Waals surface area (Å²) in [6.45, 7) is 0.355. The molecule has 4 aromatic rings. The van der Waals surface area contributed by atoms with Crippen LogP contribution in [-0.4, -0.2) is 71.1 Å². The Morgan fingerprint density at radius 2 is 1.65 bits per heavy atom. The molecule has 0 spiro atoms. The summed E-state index contributed by atoms with van der Waals surface area (Å²) in [5.74, 6) is 1.45. The fraction of sp³-hybridized carbons (Fsp3) is 0.300. The molecule has 0 radical (unpaired) electrons. The van der Waals surface area contributed by atoms with Gasteiger partial charge in [-0.3, -0.25) is 4.79 Å². The van der Waals surface area contributed by atoms with Crippen molar-refractivity contribution in [2.75, 3.05) is 47.6 Å². The number of methoxy groups -OCH3 is 3. The molecule has 0 unspecified atom stereocenters. The molecule has 0 saturated carbocycles. The lowest BCUT2D eigenvalue weighted by Gasteiger charge is -2.27. The summed E-state index contributed by atoms with van der Waals surface area (Å²) in [6.07, 6.45) is 2.06. The molecule has 0 fully saturated rings. The second-order valence-electron chi connectivity index (χ2n) is 9.14. The van der Waals surface area contributed by atoms with E-state index in [1.165, 1.54) is 11.4 Å². The number of ether oxygens (including phenoxy) is 3. The Bertz CT molecular complexity index is 1520. The molecular weight excluding hydrogens is 532 g/mol. The van der Waals surface area contributed by atoms with E-state index in [0.717, 1.165) is 10.9 Å². The number of carbonyl (C=O) groups excluding carboxylic acids is 1. The van der Waals surface area contributed by atoms with Crippen molar-refractivity contribution in [2.24, 2.45) is 0 Å². The largest absolute Gasteiger partial charge is 0.493 e. The maximum atomic E-state index is 13.9. The van der Waals surface area contributed by atoms with Crippen LogP contribution < -0.4 is 9.47 Å². The van der Waals surface area contributed by atoms with Crippen LogP contribution in [0.15, 0.2) is 88.4 Å². The molecule has 10 heteroatoms. The van der Waals surface area contributed by atoms with Gasteiger partial charge < -0.3 is 23.5 Å². The summed E-state index contributed by atoms with van der Waals surface area (Å²) >= 11 is 0. The minimum atomic E-state index is -4.02. The molecule has 0 aliphatic carbocycles. The molecule has 0 aliphatic rings. The first-order valence-electron chi connectivity index (χ1n) is 12.8. The van der Waals surface area contributed by atoms with Crippen molar-refractivity contribution < 1.29 is 31.8 Å². The highest BCUT2D eigenvalue weighted by atomic mass is 32.2. The summed E-state index contributed by atoms with van der Waals surface area (Å²) in [4.78, 5) is 15.5. The normalized spacial score (nSPS) is 11.6. The van der Waals surface area contributed by atoms with E-state index >= 15 is 0 Å². The Kier molecular flexibility index (Phi) is 9.81. The van der Waals surface area contributed by atoms with Crippen molar-refractivity contribution in [3.63, 3.8) is 0 Å². The number of hydrogen-bond donors (Lipinski definition) is 0. The van der Waals surface area contributed by atoms with Gasteiger partial charge in [0.15, 0.2) is 11.5 Å². The number of nitrogens with zero attached hydrogens (tertiary/aromatic N) is 2. The van der Waals surface area contributed by atoms with Crippen LogP contribution in [0.5, 0.6) is 11.5 Å². The zero-order valence-corrected chi connectivity index (χ0v) is 23.7. The molecule has 1 amide bonds. The molecule has 0 bridgehead atoms. The summed E-state index contributed by atoms with van der Waals surface area (Å²) in [5.41, 5.74) is 0.939. The summed E-state index contributed by atoms with van der Waals surface area (Å²) in [7, 11) is 0.616. The van der Waals surface area contributed by atoms with E-state index < -0.39 is 10.0 Å². The van der Waals surface area contributed by atoms with Crippen molar-refractivity contribution in [3.8, 4) is 11.5 Å². The molecule has 40 heavy (non-hydrogen) atoms. The molecule has 0 aliphatic heterocycles. The van der Waals surface area contributed by atoms with Gasteiger partial charge in [0.1, 0.15) is 5.76 Å². The van der Waals surface area contributed by atoms with Gasteiger partial charge in [-0.2, -0.15) is 4.31 Å². The van der Waals surface area contributed by atoms with Gasteiger partial charge in [-0.05, 0) is 47.7 Å². The zero-order valence-electron chi connectivity index (χ0n) is 22.9. The lowest BCUT2D eigenvalue weighted by molar-refractivity contribution is -0.132. The fourth-order valence-corrected chi connectivity index (χ4v) is 6.06. The van der Waals surface area contributed by atoms with Crippen molar-refractivity contribution >= 4 is 26.7 Å². The molecule has 0 saturated heterocycles. The number of carbonyl (C=O) groups is 1. The van der Waals surface area contributed by atoms with Crippen molar-refractivity contribution in [1.29, 1.82) is 0 Å². The van der Waals surface area contributed by atoms with Crippen LogP contribution >= 0.6 is 0 Å². The van der Waals surface area contributed by atoms with Crippen LogP contribution in [0.3, 0.4) is 0 Å². The van der Waals surface area contributed by atoms with Gasteiger partial charge in [-0.1, -0.05) is 42.5 Å². The number of benzene rings is 3. The van der Waals surface area contributed by atoms with E-state index in [1.54, 1.807) is 61.8 Å². The van der Waals surface area contributed by atoms with Gasteiger partial charge in [0.05, 0.1) is 45.1 Å². The molecule has 4 rings (SSSR count). The molecule has 1 heterocycles.